The average molecular weight is 379 g/mol. The number of rotatable bonds is 2. The number of nitrogens with zero attached hydrogens (tertiary/aromatic N) is 2. The van der Waals surface area contributed by atoms with Crippen LogP contribution in [-0.2, 0) is 21.5 Å². The molecule has 1 fully saturated rings. The van der Waals surface area contributed by atoms with Crippen LogP contribution in [0.1, 0.15) is 51.7 Å². The Labute approximate surface area is 160 Å². The Hall–Kier alpha value is -1.75. The molecule has 0 saturated heterocycles. The average Bonchev–Trinajstić information content (AvgIpc) is 2.50. The Balaban J connectivity index is 1.84. The molecule has 1 aromatic rings. The quantitative estimate of drug-likeness (QED) is 0.782. The predicted octanol–water partition coefficient (Wildman–Crippen LogP) is 3.97. The summed E-state index contributed by atoms with van der Waals surface area (Å²) >= 11 is 6.22. The van der Waals surface area contributed by atoms with Crippen LogP contribution in [-0.4, -0.2) is 47.0 Å². The third-order valence-electron chi connectivity index (χ3n) is 5.42. The van der Waals surface area contributed by atoms with E-state index in [1.165, 1.54) is 0 Å². The predicted molar refractivity (Wildman–Crippen MR) is 101 cm³/mol. The second kappa shape index (κ2) is 6.45. The molecule has 0 atom stereocenters. The molecule has 1 heterocycles. The standard InChI is InChI=1S/C20H27ClN2O3/c1-6-23-12-13-7-8-14(21)9-16(13)20(17(23)24)10-15(11-20)22(5)18(25)26-19(2,3)4/h7-9,15H,6,10-12H2,1-5H3. The van der Waals surface area contributed by atoms with E-state index in [-0.39, 0.29) is 18.0 Å². The summed E-state index contributed by atoms with van der Waals surface area (Å²) in [6, 6.07) is 5.79. The summed E-state index contributed by atoms with van der Waals surface area (Å²) in [4.78, 5) is 29.0. The van der Waals surface area contributed by atoms with Crippen molar-refractivity contribution in [3.8, 4) is 0 Å². The fourth-order valence-electron chi connectivity index (χ4n) is 3.98. The van der Waals surface area contributed by atoms with Gasteiger partial charge in [-0.15, -0.1) is 0 Å². The Morgan fingerprint density at radius 2 is 2.04 bits per heavy atom. The SMILES string of the molecule is CCN1Cc2ccc(Cl)cc2C2(CC(N(C)C(=O)OC(C)(C)C)C2)C1=O. The van der Waals surface area contributed by atoms with Crippen LogP contribution in [0, 0.1) is 0 Å². The molecule has 0 aromatic heterocycles. The first kappa shape index (κ1) is 19.0. The van der Waals surface area contributed by atoms with Gasteiger partial charge >= 0.3 is 6.09 Å². The number of fused-ring (bicyclic) bond motifs is 2. The Kier molecular flexibility index (Phi) is 4.72. The van der Waals surface area contributed by atoms with Crippen molar-refractivity contribution in [2.45, 2.75) is 64.1 Å². The monoisotopic (exact) mass is 378 g/mol. The fourth-order valence-corrected chi connectivity index (χ4v) is 4.15. The number of hydrogen-bond acceptors (Lipinski definition) is 3. The zero-order valence-electron chi connectivity index (χ0n) is 16.1. The Morgan fingerprint density at radius 3 is 2.62 bits per heavy atom. The lowest BCUT2D eigenvalue weighted by Gasteiger charge is -2.54. The largest absolute Gasteiger partial charge is 0.444 e. The second-order valence-corrected chi connectivity index (χ2v) is 8.79. The summed E-state index contributed by atoms with van der Waals surface area (Å²) in [6.45, 7) is 8.84. The lowest BCUT2D eigenvalue weighted by atomic mass is 9.58. The number of carbonyl (C=O) groups is 2. The van der Waals surface area contributed by atoms with E-state index in [1.54, 1.807) is 11.9 Å². The molecule has 2 amide bonds. The van der Waals surface area contributed by atoms with Gasteiger partial charge in [0.15, 0.2) is 0 Å². The summed E-state index contributed by atoms with van der Waals surface area (Å²) in [6.07, 6.45) is 0.857. The molecule has 26 heavy (non-hydrogen) atoms. The van der Waals surface area contributed by atoms with Crippen LogP contribution in [0.2, 0.25) is 5.02 Å². The molecular weight excluding hydrogens is 352 g/mol. The van der Waals surface area contributed by atoms with Gasteiger partial charge in [-0.25, -0.2) is 4.79 Å². The molecule has 1 spiro atoms. The number of ether oxygens (including phenoxy) is 1. The van der Waals surface area contributed by atoms with Gasteiger partial charge < -0.3 is 14.5 Å². The van der Waals surface area contributed by atoms with Crippen molar-refractivity contribution in [1.82, 2.24) is 9.80 Å². The lowest BCUT2D eigenvalue weighted by molar-refractivity contribution is -0.146. The minimum atomic E-state index is -0.574. The van der Waals surface area contributed by atoms with Crippen molar-refractivity contribution < 1.29 is 14.3 Å². The number of benzene rings is 1. The maximum atomic E-state index is 13.1. The lowest BCUT2D eigenvalue weighted by Crippen LogP contribution is -2.63. The first-order valence-electron chi connectivity index (χ1n) is 9.11. The minimum Gasteiger partial charge on any atom is -0.444 e. The molecule has 6 heteroatoms. The number of halogens is 1. The van der Waals surface area contributed by atoms with E-state index in [0.717, 1.165) is 11.1 Å². The van der Waals surface area contributed by atoms with Gasteiger partial charge in [-0.1, -0.05) is 17.7 Å². The van der Waals surface area contributed by atoms with Crippen LogP contribution in [0.3, 0.4) is 0 Å². The van der Waals surface area contributed by atoms with Crippen molar-refractivity contribution in [2.24, 2.45) is 0 Å². The van der Waals surface area contributed by atoms with Crippen molar-refractivity contribution in [3.63, 3.8) is 0 Å². The zero-order valence-corrected chi connectivity index (χ0v) is 16.9. The first-order chi connectivity index (χ1) is 12.1. The second-order valence-electron chi connectivity index (χ2n) is 8.36. The molecule has 0 bridgehead atoms. The molecular formula is C20H27ClN2O3. The van der Waals surface area contributed by atoms with Gasteiger partial charge in [0.05, 0.1) is 5.41 Å². The van der Waals surface area contributed by atoms with Gasteiger partial charge in [-0.3, -0.25) is 4.79 Å². The molecule has 3 rings (SSSR count). The molecule has 142 valence electrons. The summed E-state index contributed by atoms with van der Waals surface area (Å²) in [5.74, 6) is 0.142. The van der Waals surface area contributed by atoms with E-state index in [2.05, 4.69) is 0 Å². The number of likely N-dealkylation sites (N-methyl/N-ethyl adjacent to an activating group) is 1. The molecule has 1 aliphatic heterocycles. The van der Waals surface area contributed by atoms with Gasteiger partial charge in [0.2, 0.25) is 5.91 Å². The molecule has 1 saturated carbocycles. The molecule has 5 nitrogen and oxygen atoms in total. The number of carbonyl (C=O) groups excluding carboxylic acids is 2. The normalized spacial score (nSPS) is 24.9. The highest BCUT2D eigenvalue weighted by molar-refractivity contribution is 6.30. The third-order valence-corrected chi connectivity index (χ3v) is 5.66. The smallest absolute Gasteiger partial charge is 0.410 e. The van der Waals surface area contributed by atoms with Gasteiger partial charge in [-0.05, 0) is 63.8 Å². The van der Waals surface area contributed by atoms with Gasteiger partial charge in [-0.2, -0.15) is 0 Å². The van der Waals surface area contributed by atoms with E-state index in [1.807, 2.05) is 50.8 Å². The van der Waals surface area contributed by atoms with Gasteiger partial charge in [0.1, 0.15) is 5.60 Å². The topological polar surface area (TPSA) is 49.9 Å². The van der Waals surface area contributed by atoms with Crippen molar-refractivity contribution in [3.05, 3.63) is 34.3 Å². The number of amides is 2. The van der Waals surface area contributed by atoms with Gasteiger partial charge in [0, 0.05) is 31.2 Å². The van der Waals surface area contributed by atoms with Crippen molar-refractivity contribution >= 4 is 23.6 Å². The summed E-state index contributed by atoms with van der Waals surface area (Å²) in [5.41, 5.74) is 1.06. The molecule has 2 aliphatic rings. The minimum absolute atomic E-state index is 0.0163. The van der Waals surface area contributed by atoms with Crippen LogP contribution >= 0.6 is 11.6 Å². The van der Waals surface area contributed by atoms with Crippen LogP contribution in [0.15, 0.2) is 18.2 Å². The van der Waals surface area contributed by atoms with Crippen LogP contribution in [0.25, 0.3) is 0 Å². The molecule has 0 unspecified atom stereocenters. The van der Waals surface area contributed by atoms with Crippen LogP contribution in [0.5, 0.6) is 0 Å². The fraction of sp³-hybridized carbons (Fsp3) is 0.600. The highest BCUT2D eigenvalue weighted by atomic mass is 35.5. The van der Waals surface area contributed by atoms with E-state index < -0.39 is 11.0 Å². The molecule has 0 N–H and O–H groups in total. The highest BCUT2D eigenvalue weighted by Crippen LogP contribution is 2.51. The zero-order chi connectivity index (χ0) is 19.3. The van der Waals surface area contributed by atoms with E-state index in [0.29, 0.717) is 31.0 Å². The maximum Gasteiger partial charge on any atom is 0.410 e. The maximum absolute atomic E-state index is 13.1. The van der Waals surface area contributed by atoms with Crippen LogP contribution in [0.4, 0.5) is 4.79 Å². The summed E-state index contributed by atoms with van der Waals surface area (Å²) < 4.78 is 5.46. The van der Waals surface area contributed by atoms with Gasteiger partial charge in [0.25, 0.3) is 0 Å². The van der Waals surface area contributed by atoms with E-state index in [4.69, 9.17) is 16.3 Å². The number of hydrogen-bond donors (Lipinski definition) is 0. The molecule has 1 aliphatic carbocycles. The van der Waals surface area contributed by atoms with Crippen molar-refractivity contribution in [1.29, 1.82) is 0 Å². The molecule has 1 aromatic carbocycles. The third kappa shape index (κ3) is 3.18. The Morgan fingerprint density at radius 1 is 1.38 bits per heavy atom. The molecule has 0 radical (unpaired) electrons. The van der Waals surface area contributed by atoms with E-state index in [9.17, 15) is 9.59 Å². The summed E-state index contributed by atoms with van der Waals surface area (Å²) in [5, 5.41) is 0.643. The van der Waals surface area contributed by atoms with E-state index >= 15 is 0 Å². The highest BCUT2D eigenvalue weighted by Gasteiger charge is 2.57. The van der Waals surface area contributed by atoms with Crippen molar-refractivity contribution in [2.75, 3.05) is 13.6 Å². The first-order valence-corrected chi connectivity index (χ1v) is 9.49. The Bertz CT molecular complexity index is 735. The van der Waals surface area contributed by atoms with Crippen LogP contribution < -0.4 is 0 Å². The summed E-state index contributed by atoms with van der Waals surface area (Å²) in [7, 11) is 1.75.